The van der Waals surface area contributed by atoms with Crippen molar-refractivity contribution in [2.45, 2.75) is 51.7 Å². The molecule has 0 heterocycles. The molecule has 0 aromatic heterocycles. The highest BCUT2D eigenvalue weighted by molar-refractivity contribution is 9.09. The average molecular weight is 310 g/mol. The Morgan fingerprint density at radius 2 is 1.82 bits per heavy atom. The van der Waals surface area contributed by atoms with Gasteiger partial charge in [0.15, 0.2) is 0 Å². The van der Waals surface area contributed by atoms with Gasteiger partial charge in [-0.1, -0.05) is 15.9 Å². The summed E-state index contributed by atoms with van der Waals surface area (Å²) in [7, 11) is 0. The molecule has 0 bridgehead atoms. The molecule has 17 heavy (non-hydrogen) atoms. The van der Waals surface area contributed by atoms with Gasteiger partial charge in [0.25, 0.3) is 0 Å². The van der Waals surface area contributed by atoms with Crippen molar-refractivity contribution in [2.75, 3.05) is 5.33 Å². The van der Waals surface area contributed by atoms with Crippen molar-refractivity contribution in [2.24, 2.45) is 0 Å². The fraction of sp³-hybridized carbons (Fsp3) is 0.818. The van der Waals surface area contributed by atoms with Crippen molar-refractivity contribution in [1.29, 1.82) is 0 Å². The van der Waals surface area contributed by atoms with Crippen molar-refractivity contribution in [1.82, 2.24) is 5.32 Å². The smallest absolute Gasteiger partial charge is 0.408 e. The number of alkyl halides is 1. The molecule has 0 rings (SSSR count). The summed E-state index contributed by atoms with van der Waals surface area (Å²) in [6, 6.07) is 0. The average Bonchev–Trinajstić information content (AvgIpc) is 2.11. The number of amides is 1. The van der Waals surface area contributed by atoms with Gasteiger partial charge in [0.2, 0.25) is 0 Å². The molecule has 2 N–H and O–H groups in total. The molecule has 0 aliphatic rings. The molecule has 0 spiro atoms. The number of carboxylic acids is 1. The first-order valence-electron chi connectivity index (χ1n) is 5.41. The maximum atomic E-state index is 11.5. The number of rotatable bonds is 5. The molecule has 0 fully saturated rings. The Morgan fingerprint density at radius 1 is 1.29 bits per heavy atom. The fourth-order valence-electron chi connectivity index (χ4n) is 1.17. The largest absolute Gasteiger partial charge is 0.480 e. The zero-order chi connectivity index (χ0) is 13.7. The number of ether oxygens (including phenoxy) is 1. The number of aliphatic carboxylic acids is 1. The summed E-state index contributed by atoms with van der Waals surface area (Å²) in [5, 5.41) is 12.2. The number of nitrogens with one attached hydrogen (secondary N) is 1. The minimum Gasteiger partial charge on any atom is -0.480 e. The molecule has 1 amide bonds. The number of hydrogen-bond acceptors (Lipinski definition) is 3. The van der Waals surface area contributed by atoms with Gasteiger partial charge in [-0.3, -0.25) is 0 Å². The fourth-order valence-corrected chi connectivity index (χ4v) is 1.45. The van der Waals surface area contributed by atoms with Crippen molar-refractivity contribution >= 4 is 28.0 Å². The number of hydrogen-bond donors (Lipinski definition) is 2. The molecule has 0 aliphatic heterocycles. The third-order valence-corrected chi connectivity index (χ3v) is 2.62. The van der Waals surface area contributed by atoms with E-state index in [4.69, 9.17) is 9.84 Å². The first-order chi connectivity index (χ1) is 7.60. The van der Waals surface area contributed by atoms with E-state index in [-0.39, 0.29) is 0 Å². The van der Waals surface area contributed by atoms with E-state index < -0.39 is 23.2 Å². The number of halogens is 1. The molecule has 1 atom stereocenters. The zero-order valence-corrected chi connectivity index (χ0v) is 12.3. The molecule has 0 aromatic rings. The molecular formula is C11H20BrNO4. The Morgan fingerprint density at radius 3 is 2.18 bits per heavy atom. The molecule has 5 nitrogen and oxygen atoms in total. The van der Waals surface area contributed by atoms with E-state index in [2.05, 4.69) is 21.2 Å². The third-order valence-electron chi connectivity index (χ3n) is 2.06. The van der Waals surface area contributed by atoms with Gasteiger partial charge in [0.1, 0.15) is 11.1 Å². The van der Waals surface area contributed by atoms with Crippen LogP contribution in [-0.4, -0.2) is 33.6 Å². The van der Waals surface area contributed by atoms with Gasteiger partial charge in [0.05, 0.1) is 0 Å². The highest BCUT2D eigenvalue weighted by Crippen LogP contribution is 2.15. The first kappa shape index (κ1) is 16.2. The van der Waals surface area contributed by atoms with Crippen LogP contribution in [0.25, 0.3) is 0 Å². The normalized spacial score (nSPS) is 14.9. The first-order valence-corrected chi connectivity index (χ1v) is 6.53. The van der Waals surface area contributed by atoms with Crippen molar-refractivity contribution in [3.63, 3.8) is 0 Å². The molecule has 0 aliphatic carbocycles. The van der Waals surface area contributed by atoms with Gasteiger partial charge in [-0.05, 0) is 40.5 Å². The highest BCUT2D eigenvalue weighted by Gasteiger charge is 2.35. The van der Waals surface area contributed by atoms with Crippen LogP contribution in [0.2, 0.25) is 0 Å². The van der Waals surface area contributed by atoms with Gasteiger partial charge in [-0.15, -0.1) is 0 Å². The summed E-state index contributed by atoms with van der Waals surface area (Å²) in [6.07, 6.45) is 0.280. The van der Waals surface area contributed by atoms with Crippen molar-refractivity contribution < 1.29 is 19.4 Å². The summed E-state index contributed by atoms with van der Waals surface area (Å²) in [6.45, 7) is 6.65. The number of carbonyl (C=O) groups is 2. The number of carboxylic acid groups (broad SMARTS) is 1. The second-order valence-electron chi connectivity index (χ2n) is 5.06. The van der Waals surface area contributed by atoms with E-state index in [1.165, 1.54) is 6.92 Å². The second kappa shape index (κ2) is 6.23. The van der Waals surface area contributed by atoms with Crippen LogP contribution >= 0.6 is 15.9 Å². The minimum absolute atomic E-state index is 0.340. The molecule has 6 heteroatoms. The van der Waals surface area contributed by atoms with E-state index in [9.17, 15) is 9.59 Å². The molecule has 0 aromatic carbocycles. The van der Waals surface area contributed by atoms with Crippen LogP contribution in [0.15, 0.2) is 0 Å². The maximum Gasteiger partial charge on any atom is 0.408 e. The Bertz CT molecular complexity index is 288. The predicted octanol–water partition coefficient (Wildman–Crippen LogP) is 2.53. The van der Waals surface area contributed by atoms with Crippen LogP contribution in [0, 0.1) is 0 Å². The number of carbonyl (C=O) groups excluding carboxylic acids is 1. The monoisotopic (exact) mass is 309 g/mol. The predicted molar refractivity (Wildman–Crippen MR) is 68.4 cm³/mol. The molecule has 0 radical (unpaired) electrons. The minimum atomic E-state index is -1.30. The Hall–Kier alpha value is -0.780. The van der Waals surface area contributed by atoms with Crippen LogP contribution in [0.5, 0.6) is 0 Å². The Balaban J connectivity index is 4.55. The summed E-state index contributed by atoms with van der Waals surface area (Å²) < 4.78 is 5.04. The van der Waals surface area contributed by atoms with E-state index in [1.807, 2.05) is 0 Å². The highest BCUT2D eigenvalue weighted by atomic mass is 79.9. The van der Waals surface area contributed by atoms with E-state index in [0.717, 1.165) is 0 Å². The lowest BCUT2D eigenvalue weighted by Crippen LogP contribution is -2.53. The van der Waals surface area contributed by atoms with Crippen LogP contribution in [0.1, 0.15) is 40.5 Å². The molecule has 0 unspecified atom stereocenters. The van der Waals surface area contributed by atoms with Crippen LogP contribution < -0.4 is 5.32 Å². The SMILES string of the molecule is CC(C)(C)OC(=O)N[C@@](C)(CCCBr)C(=O)O. The Kier molecular flexibility index (Phi) is 5.95. The Labute approximate surface area is 110 Å². The van der Waals surface area contributed by atoms with E-state index in [1.54, 1.807) is 20.8 Å². The maximum absolute atomic E-state index is 11.5. The quantitative estimate of drug-likeness (QED) is 0.765. The summed E-state index contributed by atoms with van der Waals surface area (Å²) in [5.74, 6) is -1.07. The zero-order valence-electron chi connectivity index (χ0n) is 10.7. The lowest BCUT2D eigenvalue weighted by Gasteiger charge is -2.28. The van der Waals surface area contributed by atoms with Crippen LogP contribution in [0.4, 0.5) is 4.79 Å². The summed E-state index contributed by atoms with van der Waals surface area (Å²) in [4.78, 5) is 22.7. The van der Waals surface area contributed by atoms with Crippen molar-refractivity contribution in [3.8, 4) is 0 Å². The summed E-state index contributed by atoms with van der Waals surface area (Å²) >= 11 is 3.23. The van der Waals surface area contributed by atoms with Gasteiger partial charge < -0.3 is 15.2 Å². The molecule has 0 saturated carbocycles. The lowest BCUT2D eigenvalue weighted by molar-refractivity contribution is -0.144. The van der Waals surface area contributed by atoms with E-state index >= 15 is 0 Å². The van der Waals surface area contributed by atoms with Crippen LogP contribution in [-0.2, 0) is 9.53 Å². The van der Waals surface area contributed by atoms with Gasteiger partial charge in [-0.2, -0.15) is 0 Å². The molecule has 100 valence electrons. The topological polar surface area (TPSA) is 75.6 Å². The lowest BCUT2D eigenvalue weighted by atomic mass is 9.97. The molecule has 0 saturated heterocycles. The van der Waals surface area contributed by atoms with Gasteiger partial charge in [0, 0.05) is 5.33 Å². The number of alkyl carbamates (subject to hydrolysis) is 1. The van der Waals surface area contributed by atoms with Gasteiger partial charge >= 0.3 is 12.1 Å². The third kappa shape index (κ3) is 6.51. The standard InChI is InChI=1S/C11H20BrNO4/c1-10(2,3)17-9(16)13-11(4,8(14)15)6-5-7-12/h5-7H2,1-4H3,(H,13,16)(H,14,15)/t11-/m0/s1. The second-order valence-corrected chi connectivity index (χ2v) is 5.85. The van der Waals surface area contributed by atoms with Gasteiger partial charge in [-0.25, -0.2) is 9.59 Å². The van der Waals surface area contributed by atoms with Crippen molar-refractivity contribution in [3.05, 3.63) is 0 Å². The molecular weight excluding hydrogens is 290 g/mol. The summed E-state index contributed by atoms with van der Waals surface area (Å²) in [5.41, 5.74) is -1.94. The van der Waals surface area contributed by atoms with E-state index in [0.29, 0.717) is 18.2 Å². The van der Waals surface area contributed by atoms with Crippen LogP contribution in [0.3, 0.4) is 0 Å².